The maximum Gasteiger partial charge on any atom is 0.407 e. The number of benzene rings is 2. The van der Waals surface area contributed by atoms with Crippen LogP contribution in [0.1, 0.15) is 44.2 Å². The number of nitrogens with one attached hydrogen (secondary N) is 2. The highest BCUT2D eigenvalue weighted by atomic mass is 19.3. The molecule has 0 heterocycles. The number of hydrogen-bond donors (Lipinski definition) is 3. The second-order valence-electron chi connectivity index (χ2n) is 9.05. The van der Waals surface area contributed by atoms with Crippen LogP contribution in [-0.4, -0.2) is 48.2 Å². The van der Waals surface area contributed by atoms with Crippen LogP contribution in [0, 0.1) is 11.8 Å². The van der Waals surface area contributed by atoms with E-state index in [1.165, 1.54) is 0 Å². The van der Waals surface area contributed by atoms with Crippen LogP contribution < -0.4 is 10.6 Å². The molecule has 1 aliphatic rings. The van der Waals surface area contributed by atoms with Crippen LogP contribution in [0.4, 0.5) is 13.6 Å². The summed E-state index contributed by atoms with van der Waals surface area (Å²) >= 11 is 0. The molecule has 0 spiro atoms. The molecule has 3 rings (SSSR count). The lowest BCUT2D eigenvalue weighted by molar-refractivity contribution is -0.144. The number of halogens is 2. The Morgan fingerprint density at radius 3 is 1.97 bits per heavy atom. The Morgan fingerprint density at radius 1 is 0.943 bits per heavy atom. The first-order valence-electron chi connectivity index (χ1n) is 11.5. The minimum atomic E-state index is -2.88. The van der Waals surface area contributed by atoms with Crippen molar-refractivity contribution in [3.63, 3.8) is 0 Å². The molecule has 0 saturated carbocycles. The van der Waals surface area contributed by atoms with Crippen molar-refractivity contribution in [3.05, 3.63) is 59.7 Å². The van der Waals surface area contributed by atoms with E-state index in [2.05, 4.69) is 10.6 Å². The van der Waals surface area contributed by atoms with Gasteiger partial charge in [-0.25, -0.2) is 18.4 Å². The van der Waals surface area contributed by atoms with Gasteiger partial charge in [-0.2, -0.15) is 0 Å². The fourth-order valence-corrected chi connectivity index (χ4v) is 4.69. The van der Waals surface area contributed by atoms with E-state index in [1.807, 2.05) is 48.5 Å². The van der Waals surface area contributed by atoms with Gasteiger partial charge in [-0.1, -0.05) is 62.4 Å². The third-order valence-corrected chi connectivity index (χ3v) is 6.28. The summed E-state index contributed by atoms with van der Waals surface area (Å²) in [5.41, 5.74) is 4.32. The molecular weight excluding hydrogens is 458 g/mol. The van der Waals surface area contributed by atoms with Crippen molar-refractivity contribution in [3.8, 4) is 11.1 Å². The minimum absolute atomic E-state index is 0.0978. The maximum absolute atomic E-state index is 12.7. The molecule has 7 nitrogen and oxygen atoms in total. The summed E-state index contributed by atoms with van der Waals surface area (Å²) in [7, 11) is 0. The number of carboxylic acid groups (broad SMARTS) is 1. The third kappa shape index (κ3) is 6.15. The predicted molar refractivity (Wildman–Crippen MR) is 126 cm³/mol. The van der Waals surface area contributed by atoms with Gasteiger partial charge in [-0.3, -0.25) is 4.79 Å². The van der Waals surface area contributed by atoms with Crippen molar-refractivity contribution in [2.45, 2.75) is 51.6 Å². The molecule has 0 bridgehead atoms. The highest BCUT2D eigenvalue weighted by Gasteiger charge is 2.34. The van der Waals surface area contributed by atoms with Crippen LogP contribution in [-0.2, 0) is 14.3 Å². The zero-order chi connectivity index (χ0) is 25.7. The van der Waals surface area contributed by atoms with Gasteiger partial charge in [0.2, 0.25) is 12.3 Å². The van der Waals surface area contributed by atoms with E-state index in [4.69, 9.17) is 9.84 Å². The van der Waals surface area contributed by atoms with Gasteiger partial charge in [0.1, 0.15) is 12.6 Å². The van der Waals surface area contributed by atoms with Crippen LogP contribution in [0.25, 0.3) is 11.1 Å². The fraction of sp³-hybridized carbons (Fsp3) is 0.423. The van der Waals surface area contributed by atoms with Crippen LogP contribution >= 0.6 is 0 Å². The third-order valence-electron chi connectivity index (χ3n) is 6.28. The molecule has 2 aromatic carbocycles. The number of aliphatic carboxylic acids is 1. The fourth-order valence-electron chi connectivity index (χ4n) is 4.69. The van der Waals surface area contributed by atoms with Gasteiger partial charge in [0.15, 0.2) is 0 Å². The Labute approximate surface area is 202 Å². The highest BCUT2D eigenvalue weighted by Crippen LogP contribution is 2.44. The van der Waals surface area contributed by atoms with Gasteiger partial charge in [-0.05, 0) is 35.1 Å². The summed E-state index contributed by atoms with van der Waals surface area (Å²) in [4.78, 5) is 36.6. The second kappa shape index (κ2) is 11.3. The smallest absolute Gasteiger partial charge is 0.407 e. The number of amides is 2. The van der Waals surface area contributed by atoms with E-state index in [1.54, 1.807) is 20.8 Å². The normalized spacial score (nSPS) is 15.2. The van der Waals surface area contributed by atoms with Crippen molar-refractivity contribution in [2.75, 3.05) is 6.61 Å². The van der Waals surface area contributed by atoms with Crippen LogP contribution in [0.15, 0.2) is 48.5 Å². The summed E-state index contributed by atoms with van der Waals surface area (Å²) in [6.45, 7) is 5.14. The Kier molecular flexibility index (Phi) is 8.43. The zero-order valence-corrected chi connectivity index (χ0v) is 19.8. The summed E-state index contributed by atoms with van der Waals surface area (Å²) in [6, 6.07) is 13.4. The van der Waals surface area contributed by atoms with E-state index in [0.717, 1.165) is 22.3 Å². The molecule has 9 heteroatoms. The molecule has 0 aromatic heterocycles. The first kappa shape index (κ1) is 26.1. The molecule has 3 unspecified atom stereocenters. The molecule has 188 valence electrons. The minimum Gasteiger partial charge on any atom is -0.480 e. The predicted octanol–water partition coefficient (Wildman–Crippen LogP) is 4.41. The molecule has 0 saturated heterocycles. The molecule has 0 fully saturated rings. The van der Waals surface area contributed by atoms with Crippen molar-refractivity contribution in [1.29, 1.82) is 0 Å². The molecule has 2 amide bonds. The molecule has 3 N–H and O–H groups in total. The average molecular weight is 489 g/mol. The molecule has 1 aliphatic carbocycles. The number of alkyl halides is 2. The number of hydrogen-bond acceptors (Lipinski definition) is 4. The lowest BCUT2D eigenvalue weighted by Gasteiger charge is -2.28. The molecule has 3 atom stereocenters. The second-order valence-corrected chi connectivity index (χ2v) is 9.05. The quantitative estimate of drug-likeness (QED) is 0.460. The number of carbonyl (C=O) groups is 3. The van der Waals surface area contributed by atoms with Crippen molar-refractivity contribution >= 4 is 18.0 Å². The molecule has 2 aromatic rings. The number of carboxylic acids is 1. The number of alkyl carbamates (subject to hydrolysis) is 1. The molecule has 0 radical (unpaired) electrons. The Hall–Kier alpha value is -3.49. The molecule has 35 heavy (non-hydrogen) atoms. The Balaban J connectivity index is 1.63. The zero-order valence-electron chi connectivity index (χ0n) is 19.8. The van der Waals surface area contributed by atoms with Gasteiger partial charge in [-0.15, -0.1) is 0 Å². The van der Waals surface area contributed by atoms with Gasteiger partial charge >= 0.3 is 12.1 Å². The lowest BCUT2D eigenvalue weighted by Crippen LogP contribution is -2.51. The maximum atomic E-state index is 12.7. The van der Waals surface area contributed by atoms with Crippen LogP contribution in [0.3, 0.4) is 0 Å². The van der Waals surface area contributed by atoms with E-state index < -0.39 is 48.8 Å². The summed E-state index contributed by atoms with van der Waals surface area (Å²) in [6.07, 6.45) is -4.61. The van der Waals surface area contributed by atoms with Crippen LogP contribution in [0.5, 0.6) is 0 Å². The summed E-state index contributed by atoms with van der Waals surface area (Å²) < 4.78 is 30.9. The van der Waals surface area contributed by atoms with E-state index in [-0.39, 0.29) is 18.4 Å². The van der Waals surface area contributed by atoms with E-state index in [9.17, 15) is 23.2 Å². The molecule has 0 aliphatic heterocycles. The topological polar surface area (TPSA) is 105 Å². The van der Waals surface area contributed by atoms with Crippen molar-refractivity contribution in [2.24, 2.45) is 11.8 Å². The lowest BCUT2D eigenvalue weighted by atomic mass is 9.88. The van der Waals surface area contributed by atoms with Gasteiger partial charge in [0.05, 0.1) is 5.92 Å². The number of carbonyl (C=O) groups excluding carboxylic acids is 2. The summed E-state index contributed by atoms with van der Waals surface area (Å²) in [5.74, 6) is -3.55. The number of rotatable bonds is 10. The monoisotopic (exact) mass is 488 g/mol. The van der Waals surface area contributed by atoms with E-state index >= 15 is 0 Å². The average Bonchev–Trinajstić information content (AvgIpc) is 3.10. The van der Waals surface area contributed by atoms with Gasteiger partial charge in [0, 0.05) is 18.4 Å². The van der Waals surface area contributed by atoms with Crippen LogP contribution in [0.2, 0.25) is 0 Å². The summed E-state index contributed by atoms with van der Waals surface area (Å²) in [5, 5.41) is 14.0. The first-order valence-corrected chi connectivity index (χ1v) is 11.5. The molecular formula is C26H30F2N2O5. The van der Waals surface area contributed by atoms with Gasteiger partial charge < -0.3 is 20.5 Å². The van der Waals surface area contributed by atoms with Crippen molar-refractivity contribution < 1.29 is 33.0 Å². The SMILES string of the molecule is CC(C)C(C(=O)NC(CC(F)F)C(=O)O)C(C)NC(=O)OCC1c2ccccc2-c2ccccc21. The largest absolute Gasteiger partial charge is 0.480 e. The van der Waals surface area contributed by atoms with Gasteiger partial charge in [0.25, 0.3) is 0 Å². The standard InChI is InChI=1S/C26H30F2N2O5/c1-14(2)23(24(31)30-21(25(32)33)12-22(27)28)15(3)29-26(34)35-13-20-18-10-6-4-8-16(18)17-9-5-7-11-19(17)20/h4-11,14-15,20-23H,12-13H2,1-3H3,(H,29,34)(H,30,31)(H,32,33). The highest BCUT2D eigenvalue weighted by molar-refractivity contribution is 5.86. The van der Waals surface area contributed by atoms with Crippen molar-refractivity contribution in [1.82, 2.24) is 10.6 Å². The number of fused-ring (bicyclic) bond motifs is 3. The Bertz CT molecular complexity index is 1030. The Morgan fingerprint density at radius 2 is 1.49 bits per heavy atom. The van der Waals surface area contributed by atoms with E-state index in [0.29, 0.717) is 0 Å². The number of ether oxygens (including phenoxy) is 1. The first-order chi connectivity index (χ1) is 16.6.